The van der Waals surface area contributed by atoms with E-state index in [4.69, 9.17) is 11.6 Å². The molecule has 0 aromatic carbocycles. The number of nitrogens with zero attached hydrogens (tertiary/aromatic N) is 2. The number of sulfonamides is 1. The number of hydrogen-bond donors (Lipinski definition) is 1. The van der Waals surface area contributed by atoms with Crippen molar-refractivity contribution in [2.75, 3.05) is 25.5 Å². The largest absolute Gasteiger partial charge is 0.369 e. The van der Waals surface area contributed by atoms with Crippen LogP contribution in [0.2, 0.25) is 5.02 Å². The van der Waals surface area contributed by atoms with E-state index in [1.807, 2.05) is 20.8 Å². The van der Waals surface area contributed by atoms with Crippen LogP contribution in [0.15, 0.2) is 17.2 Å². The zero-order valence-electron chi connectivity index (χ0n) is 12.4. The molecule has 0 amide bonds. The fourth-order valence-corrected chi connectivity index (χ4v) is 3.27. The van der Waals surface area contributed by atoms with Crippen LogP contribution >= 0.6 is 11.6 Å². The van der Waals surface area contributed by atoms with E-state index in [1.54, 1.807) is 7.05 Å². The van der Waals surface area contributed by atoms with Gasteiger partial charge in [-0.05, 0) is 18.9 Å². The molecular formula is C13H22ClN3O2S. The average molecular weight is 320 g/mol. The standard InChI is InChI=1S/C13H22ClN3O2S/c1-5-10(3)9-17(4)20(18,19)11-7-12(14)13(15-6-2)16-8-11/h7-8,10H,5-6,9H2,1-4H3,(H,15,16). The summed E-state index contributed by atoms with van der Waals surface area (Å²) in [6.07, 6.45) is 2.27. The highest BCUT2D eigenvalue weighted by Crippen LogP contribution is 2.24. The van der Waals surface area contributed by atoms with Gasteiger partial charge in [0, 0.05) is 26.3 Å². The molecule has 1 rings (SSSR count). The summed E-state index contributed by atoms with van der Waals surface area (Å²) in [4.78, 5) is 4.19. The lowest BCUT2D eigenvalue weighted by Gasteiger charge is -2.20. The van der Waals surface area contributed by atoms with Gasteiger partial charge in [-0.25, -0.2) is 17.7 Å². The first-order valence-electron chi connectivity index (χ1n) is 6.68. The zero-order valence-corrected chi connectivity index (χ0v) is 13.9. The summed E-state index contributed by atoms with van der Waals surface area (Å²) in [5, 5.41) is 3.28. The molecule has 0 aliphatic carbocycles. The molecule has 0 saturated carbocycles. The maximum Gasteiger partial charge on any atom is 0.244 e. The number of pyridine rings is 1. The van der Waals surface area contributed by atoms with Gasteiger partial charge in [0.15, 0.2) is 0 Å². The van der Waals surface area contributed by atoms with Gasteiger partial charge in [-0.1, -0.05) is 31.9 Å². The highest BCUT2D eigenvalue weighted by molar-refractivity contribution is 7.89. The number of nitrogens with one attached hydrogen (secondary N) is 1. The second kappa shape index (κ2) is 7.24. The number of aromatic nitrogens is 1. The quantitative estimate of drug-likeness (QED) is 0.839. The van der Waals surface area contributed by atoms with Crippen molar-refractivity contribution in [2.45, 2.75) is 32.1 Å². The summed E-state index contributed by atoms with van der Waals surface area (Å²) in [5.74, 6) is 0.803. The van der Waals surface area contributed by atoms with E-state index in [1.165, 1.54) is 16.6 Å². The summed E-state index contributed by atoms with van der Waals surface area (Å²) in [6.45, 7) is 7.13. The summed E-state index contributed by atoms with van der Waals surface area (Å²) in [5.41, 5.74) is 0. The monoisotopic (exact) mass is 319 g/mol. The fourth-order valence-electron chi connectivity index (χ4n) is 1.71. The predicted octanol–water partition coefficient (Wildman–Crippen LogP) is 2.83. The zero-order chi connectivity index (χ0) is 15.3. The summed E-state index contributed by atoms with van der Waals surface area (Å²) in [6, 6.07) is 1.44. The van der Waals surface area contributed by atoms with Crippen LogP contribution in [0.1, 0.15) is 27.2 Å². The molecule has 0 fully saturated rings. The van der Waals surface area contributed by atoms with Gasteiger partial charge in [0.05, 0.1) is 5.02 Å². The molecule has 0 spiro atoms. The molecule has 1 unspecified atom stereocenters. The molecule has 0 saturated heterocycles. The number of rotatable bonds is 7. The molecule has 0 aliphatic rings. The first-order valence-corrected chi connectivity index (χ1v) is 8.50. The molecule has 7 heteroatoms. The Morgan fingerprint density at radius 2 is 2.10 bits per heavy atom. The molecule has 0 aliphatic heterocycles. The second-order valence-electron chi connectivity index (χ2n) is 4.83. The summed E-state index contributed by atoms with van der Waals surface area (Å²) >= 11 is 6.04. The van der Waals surface area contributed by atoms with Crippen LogP contribution in [-0.2, 0) is 10.0 Å². The highest BCUT2D eigenvalue weighted by atomic mass is 35.5. The van der Waals surface area contributed by atoms with E-state index < -0.39 is 10.0 Å². The van der Waals surface area contributed by atoms with Crippen molar-refractivity contribution in [3.8, 4) is 0 Å². The van der Waals surface area contributed by atoms with E-state index >= 15 is 0 Å². The molecule has 1 heterocycles. The van der Waals surface area contributed by atoms with Crippen molar-refractivity contribution in [2.24, 2.45) is 5.92 Å². The number of anilines is 1. The Kier molecular flexibility index (Phi) is 6.23. The number of hydrogen-bond acceptors (Lipinski definition) is 4. The molecule has 0 radical (unpaired) electrons. The van der Waals surface area contributed by atoms with Gasteiger partial charge in [0.25, 0.3) is 0 Å². The van der Waals surface area contributed by atoms with E-state index in [0.29, 0.717) is 29.8 Å². The van der Waals surface area contributed by atoms with Crippen LogP contribution in [0.4, 0.5) is 5.82 Å². The Balaban J connectivity index is 3.01. The molecule has 0 bridgehead atoms. The Labute approximate surface area is 126 Å². The van der Waals surface area contributed by atoms with Crippen molar-refractivity contribution < 1.29 is 8.42 Å². The first kappa shape index (κ1) is 17.2. The van der Waals surface area contributed by atoms with Crippen LogP contribution in [0.3, 0.4) is 0 Å². The molecule has 5 nitrogen and oxygen atoms in total. The van der Waals surface area contributed by atoms with E-state index in [9.17, 15) is 8.42 Å². The third-order valence-corrected chi connectivity index (χ3v) is 5.21. The molecule has 1 N–H and O–H groups in total. The molecular weight excluding hydrogens is 298 g/mol. The lowest BCUT2D eigenvalue weighted by Crippen LogP contribution is -2.31. The minimum absolute atomic E-state index is 0.120. The van der Waals surface area contributed by atoms with Gasteiger partial charge in [0.2, 0.25) is 10.0 Å². The molecule has 114 valence electrons. The van der Waals surface area contributed by atoms with Crippen molar-refractivity contribution in [1.82, 2.24) is 9.29 Å². The topological polar surface area (TPSA) is 62.3 Å². The Bertz CT molecular complexity index is 549. The maximum atomic E-state index is 12.4. The van der Waals surface area contributed by atoms with Gasteiger partial charge >= 0.3 is 0 Å². The van der Waals surface area contributed by atoms with Crippen molar-refractivity contribution in [1.29, 1.82) is 0 Å². The molecule has 1 aromatic heterocycles. The Hall–Kier alpha value is -0.850. The molecule has 1 aromatic rings. The van der Waals surface area contributed by atoms with Crippen LogP contribution in [0, 0.1) is 5.92 Å². The predicted molar refractivity (Wildman–Crippen MR) is 82.7 cm³/mol. The summed E-state index contributed by atoms with van der Waals surface area (Å²) < 4.78 is 26.2. The third kappa shape index (κ3) is 4.07. The van der Waals surface area contributed by atoms with Crippen molar-refractivity contribution >= 4 is 27.4 Å². The van der Waals surface area contributed by atoms with Gasteiger partial charge in [-0.3, -0.25) is 0 Å². The number of halogens is 1. The van der Waals surface area contributed by atoms with Crippen LogP contribution < -0.4 is 5.32 Å². The van der Waals surface area contributed by atoms with Gasteiger partial charge < -0.3 is 5.32 Å². The molecule has 1 atom stereocenters. The third-order valence-electron chi connectivity index (χ3n) is 3.13. The van der Waals surface area contributed by atoms with Gasteiger partial charge in [-0.15, -0.1) is 0 Å². The van der Waals surface area contributed by atoms with Crippen LogP contribution in [0.5, 0.6) is 0 Å². The second-order valence-corrected chi connectivity index (χ2v) is 7.28. The summed E-state index contributed by atoms with van der Waals surface area (Å²) in [7, 11) is -1.96. The van der Waals surface area contributed by atoms with Crippen LogP contribution in [0.25, 0.3) is 0 Å². The smallest absolute Gasteiger partial charge is 0.244 e. The highest BCUT2D eigenvalue weighted by Gasteiger charge is 2.23. The minimum Gasteiger partial charge on any atom is -0.369 e. The lowest BCUT2D eigenvalue weighted by molar-refractivity contribution is 0.393. The average Bonchev–Trinajstić information content (AvgIpc) is 2.40. The van der Waals surface area contributed by atoms with Crippen molar-refractivity contribution in [3.63, 3.8) is 0 Å². The first-order chi connectivity index (χ1) is 9.32. The normalized spacial score (nSPS) is 13.5. The minimum atomic E-state index is -3.54. The SMILES string of the molecule is CCNc1ncc(S(=O)(=O)N(C)CC(C)CC)cc1Cl. The Morgan fingerprint density at radius 3 is 2.60 bits per heavy atom. The van der Waals surface area contributed by atoms with Gasteiger partial charge in [-0.2, -0.15) is 0 Å². The Morgan fingerprint density at radius 1 is 1.45 bits per heavy atom. The van der Waals surface area contributed by atoms with E-state index in [-0.39, 0.29) is 4.90 Å². The van der Waals surface area contributed by atoms with E-state index in [2.05, 4.69) is 10.3 Å². The lowest BCUT2D eigenvalue weighted by atomic mass is 10.1. The van der Waals surface area contributed by atoms with Gasteiger partial charge in [0.1, 0.15) is 10.7 Å². The maximum absolute atomic E-state index is 12.4. The molecule has 20 heavy (non-hydrogen) atoms. The van der Waals surface area contributed by atoms with Crippen molar-refractivity contribution in [3.05, 3.63) is 17.3 Å². The van der Waals surface area contributed by atoms with E-state index in [0.717, 1.165) is 6.42 Å². The van der Waals surface area contributed by atoms with Crippen LogP contribution in [-0.4, -0.2) is 37.8 Å². The fraction of sp³-hybridized carbons (Fsp3) is 0.615.